The number of amides is 1. The average Bonchev–Trinajstić information content (AvgIpc) is 2.52. The fourth-order valence-corrected chi connectivity index (χ4v) is 3.01. The summed E-state index contributed by atoms with van der Waals surface area (Å²) in [6.45, 7) is 8.26. The van der Waals surface area contributed by atoms with Gasteiger partial charge in [0.1, 0.15) is 10.9 Å². The Bertz CT molecular complexity index is 685. The number of benzene rings is 1. The molecular formula is C18H25N3OS. The van der Waals surface area contributed by atoms with Crippen molar-refractivity contribution in [1.82, 2.24) is 15.3 Å². The van der Waals surface area contributed by atoms with E-state index in [1.165, 1.54) is 11.8 Å². The molecule has 23 heavy (non-hydrogen) atoms. The van der Waals surface area contributed by atoms with Gasteiger partial charge in [-0.15, -0.1) is 0 Å². The van der Waals surface area contributed by atoms with Gasteiger partial charge >= 0.3 is 0 Å². The zero-order valence-corrected chi connectivity index (χ0v) is 15.2. The third-order valence-corrected chi connectivity index (χ3v) is 4.78. The minimum Gasteiger partial charge on any atom is -0.351 e. The number of nitrogens with zero attached hydrogens (tertiary/aromatic N) is 2. The van der Waals surface area contributed by atoms with Gasteiger partial charge in [-0.2, -0.15) is 0 Å². The normalized spacial score (nSPS) is 11.7. The molecule has 0 bridgehead atoms. The van der Waals surface area contributed by atoms with Crippen LogP contribution in [0, 0.1) is 0 Å². The Morgan fingerprint density at radius 3 is 2.65 bits per heavy atom. The molecule has 0 radical (unpaired) electrons. The van der Waals surface area contributed by atoms with Crippen molar-refractivity contribution in [1.29, 1.82) is 0 Å². The molecule has 0 saturated carbocycles. The predicted octanol–water partition coefficient (Wildman–Crippen LogP) is 3.98. The third-order valence-electron chi connectivity index (χ3n) is 3.79. The molecule has 0 aliphatic heterocycles. The Balaban J connectivity index is 2.17. The number of carbonyl (C=O) groups is 1. The topological polar surface area (TPSA) is 54.9 Å². The summed E-state index contributed by atoms with van der Waals surface area (Å²) in [6.07, 6.45) is 2.77. The highest BCUT2D eigenvalue weighted by Crippen LogP contribution is 2.25. The molecule has 1 aromatic heterocycles. The van der Waals surface area contributed by atoms with Crippen LogP contribution in [-0.4, -0.2) is 27.2 Å². The van der Waals surface area contributed by atoms with Crippen LogP contribution in [0.4, 0.5) is 0 Å². The highest BCUT2D eigenvalue weighted by Gasteiger charge is 2.18. The summed E-state index contributed by atoms with van der Waals surface area (Å²) in [7, 11) is 0. The van der Waals surface area contributed by atoms with Crippen molar-refractivity contribution in [2.75, 3.05) is 5.75 Å². The Morgan fingerprint density at radius 1 is 1.22 bits per heavy atom. The molecule has 1 aromatic carbocycles. The van der Waals surface area contributed by atoms with Crippen LogP contribution in [0.5, 0.6) is 0 Å². The number of rotatable bonds is 7. The van der Waals surface area contributed by atoms with Crippen LogP contribution in [-0.2, 0) is 11.2 Å². The zero-order chi connectivity index (χ0) is 16.9. The van der Waals surface area contributed by atoms with Crippen LogP contribution in [0.25, 0.3) is 10.9 Å². The standard InChI is InChI=1S/C18H25N3OS/c1-5-9-15-19-14-11-8-7-10-13(14)17(20-15)23-12-16(22)21-18(3,4)6-2/h7-8,10-11H,5-6,9,12H2,1-4H3,(H,21,22). The maximum Gasteiger partial charge on any atom is 0.230 e. The summed E-state index contributed by atoms with van der Waals surface area (Å²) in [6, 6.07) is 7.98. The number of hydrogen-bond acceptors (Lipinski definition) is 4. The van der Waals surface area contributed by atoms with Gasteiger partial charge in [-0.3, -0.25) is 4.79 Å². The Labute approximate surface area is 142 Å². The van der Waals surface area contributed by atoms with Crippen molar-refractivity contribution >= 4 is 28.6 Å². The molecule has 1 N–H and O–H groups in total. The van der Waals surface area contributed by atoms with Crippen molar-refractivity contribution in [2.24, 2.45) is 0 Å². The number of nitrogens with one attached hydrogen (secondary N) is 1. The van der Waals surface area contributed by atoms with Crippen LogP contribution in [0.15, 0.2) is 29.3 Å². The van der Waals surface area contributed by atoms with E-state index in [-0.39, 0.29) is 11.4 Å². The summed E-state index contributed by atoms with van der Waals surface area (Å²) in [4.78, 5) is 21.4. The quantitative estimate of drug-likeness (QED) is 0.616. The van der Waals surface area contributed by atoms with E-state index in [0.29, 0.717) is 5.75 Å². The van der Waals surface area contributed by atoms with Crippen LogP contribution < -0.4 is 5.32 Å². The molecule has 4 nitrogen and oxygen atoms in total. The molecule has 0 aliphatic carbocycles. The maximum absolute atomic E-state index is 12.2. The average molecular weight is 331 g/mol. The summed E-state index contributed by atoms with van der Waals surface area (Å²) in [5.41, 5.74) is 0.779. The monoisotopic (exact) mass is 331 g/mol. The lowest BCUT2D eigenvalue weighted by molar-refractivity contribution is -0.120. The van der Waals surface area contributed by atoms with E-state index in [0.717, 1.165) is 41.0 Å². The number of para-hydroxylation sites is 1. The van der Waals surface area contributed by atoms with E-state index < -0.39 is 0 Å². The van der Waals surface area contributed by atoms with Gasteiger partial charge in [0.15, 0.2) is 0 Å². The van der Waals surface area contributed by atoms with E-state index >= 15 is 0 Å². The van der Waals surface area contributed by atoms with Crippen LogP contribution in [0.1, 0.15) is 46.4 Å². The summed E-state index contributed by atoms with van der Waals surface area (Å²) in [5, 5.41) is 4.97. The number of carbonyl (C=O) groups excluding carboxylic acids is 1. The predicted molar refractivity (Wildman–Crippen MR) is 96.8 cm³/mol. The van der Waals surface area contributed by atoms with Crippen molar-refractivity contribution < 1.29 is 4.79 Å². The third kappa shape index (κ3) is 4.93. The van der Waals surface area contributed by atoms with Crippen LogP contribution in [0.2, 0.25) is 0 Å². The largest absolute Gasteiger partial charge is 0.351 e. The van der Waals surface area contributed by atoms with E-state index in [1.807, 2.05) is 38.1 Å². The highest BCUT2D eigenvalue weighted by atomic mass is 32.2. The first-order valence-electron chi connectivity index (χ1n) is 8.14. The Morgan fingerprint density at radius 2 is 1.96 bits per heavy atom. The lowest BCUT2D eigenvalue weighted by Gasteiger charge is -2.24. The molecule has 0 fully saturated rings. The number of aryl methyl sites for hydroxylation is 1. The van der Waals surface area contributed by atoms with Gasteiger partial charge in [0.2, 0.25) is 5.91 Å². The van der Waals surface area contributed by atoms with Crippen molar-refractivity contribution in [3.8, 4) is 0 Å². The number of fused-ring (bicyclic) bond motifs is 1. The van der Waals surface area contributed by atoms with E-state index in [9.17, 15) is 4.79 Å². The molecule has 124 valence electrons. The van der Waals surface area contributed by atoms with Gasteiger partial charge < -0.3 is 5.32 Å². The molecule has 1 heterocycles. The smallest absolute Gasteiger partial charge is 0.230 e. The fourth-order valence-electron chi connectivity index (χ4n) is 2.17. The van der Waals surface area contributed by atoms with Gasteiger partial charge in [0.25, 0.3) is 0 Å². The number of hydrogen-bond donors (Lipinski definition) is 1. The van der Waals surface area contributed by atoms with Gasteiger partial charge in [-0.05, 0) is 32.8 Å². The van der Waals surface area contributed by atoms with Crippen molar-refractivity contribution in [2.45, 2.75) is 57.5 Å². The first-order valence-corrected chi connectivity index (χ1v) is 9.13. The molecule has 0 unspecified atom stereocenters. The second-order valence-corrected chi connectivity index (χ2v) is 7.25. The molecule has 1 amide bonds. The molecular weight excluding hydrogens is 306 g/mol. The number of thioether (sulfide) groups is 1. The summed E-state index contributed by atoms with van der Waals surface area (Å²) < 4.78 is 0. The van der Waals surface area contributed by atoms with Crippen LogP contribution >= 0.6 is 11.8 Å². The van der Waals surface area contributed by atoms with Crippen molar-refractivity contribution in [3.63, 3.8) is 0 Å². The summed E-state index contributed by atoms with van der Waals surface area (Å²) >= 11 is 1.49. The maximum atomic E-state index is 12.2. The molecule has 0 atom stereocenters. The Kier molecular flexibility index (Phi) is 5.99. The van der Waals surface area contributed by atoms with E-state index in [2.05, 4.69) is 29.1 Å². The SMILES string of the molecule is CCCc1nc(SCC(=O)NC(C)(C)CC)c2ccccc2n1. The second-order valence-electron chi connectivity index (χ2n) is 6.29. The van der Waals surface area contributed by atoms with Gasteiger partial charge in [-0.25, -0.2) is 9.97 Å². The second kappa shape index (κ2) is 7.77. The highest BCUT2D eigenvalue weighted by molar-refractivity contribution is 8.00. The van der Waals surface area contributed by atoms with E-state index in [1.54, 1.807) is 0 Å². The van der Waals surface area contributed by atoms with Gasteiger partial charge in [0.05, 0.1) is 11.3 Å². The molecule has 0 saturated heterocycles. The Hall–Kier alpha value is -1.62. The molecule has 0 spiro atoms. The number of aromatic nitrogens is 2. The van der Waals surface area contributed by atoms with Gasteiger partial charge in [0, 0.05) is 17.3 Å². The molecule has 0 aliphatic rings. The minimum atomic E-state index is -0.168. The lowest BCUT2D eigenvalue weighted by Crippen LogP contribution is -2.43. The summed E-state index contributed by atoms with van der Waals surface area (Å²) in [5.74, 6) is 1.26. The minimum absolute atomic E-state index is 0.0431. The fraction of sp³-hybridized carbons (Fsp3) is 0.500. The first kappa shape index (κ1) is 17.7. The first-order chi connectivity index (χ1) is 10.9. The molecule has 2 aromatic rings. The van der Waals surface area contributed by atoms with Crippen molar-refractivity contribution in [3.05, 3.63) is 30.1 Å². The van der Waals surface area contributed by atoms with Crippen LogP contribution in [0.3, 0.4) is 0 Å². The molecule has 5 heteroatoms. The lowest BCUT2D eigenvalue weighted by atomic mass is 10.0. The zero-order valence-electron chi connectivity index (χ0n) is 14.3. The van der Waals surface area contributed by atoms with E-state index in [4.69, 9.17) is 0 Å². The molecule has 2 rings (SSSR count). The van der Waals surface area contributed by atoms with Gasteiger partial charge in [-0.1, -0.05) is 43.8 Å².